The Morgan fingerprint density at radius 1 is 1.08 bits per heavy atom. The lowest BCUT2D eigenvalue weighted by Crippen LogP contribution is -2.13. The summed E-state index contributed by atoms with van der Waals surface area (Å²) in [4.78, 5) is 21.2. The molecule has 0 aliphatic rings. The van der Waals surface area contributed by atoms with E-state index in [1.54, 1.807) is 19.2 Å². The van der Waals surface area contributed by atoms with Gasteiger partial charge in [-0.1, -0.05) is 23.4 Å². The first kappa shape index (κ1) is 15.1. The lowest BCUT2D eigenvalue weighted by molar-refractivity contribution is 0.102. The van der Waals surface area contributed by atoms with Crippen LogP contribution in [0.15, 0.2) is 53.2 Å². The van der Waals surface area contributed by atoms with E-state index in [-0.39, 0.29) is 5.91 Å². The van der Waals surface area contributed by atoms with Crippen molar-refractivity contribution in [3.8, 4) is 11.4 Å². The van der Waals surface area contributed by atoms with E-state index in [0.29, 0.717) is 28.7 Å². The molecule has 0 radical (unpaired) electrons. The predicted octanol–water partition coefficient (Wildman–Crippen LogP) is 3.25. The number of amides is 1. The zero-order valence-electron chi connectivity index (χ0n) is 13.7. The average Bonchev–Trinajstić information content (AvgIpc) is 3.22. The normalized spacial score (nSPS) is 11.0. The van der Waals surface area contributed by atoms with Crippen molar-refractivity contribution in [1.82, 2.24) is 19.5 Å². The van der Waals surface area contributed by atoms with Gasteiger partial charge in [0.2, 0.25) is 11.7 Å². The Balaban J connectivity index is 1.68. The number of aromatic nitrogens is 4. The molecule has 0 unspecified atom stereocenters. The molecule has 0 saturated carbocycles. The average molecular weight is 333 g/mol. The van der Waals surface area contributed by atoms with Crippen molar-refractivity contribution in [3.63, 3.8) is 0 Å². The van der Waals surface area contributed by atoms with Crippen molar-refractivity contribution >= 4 is 17.2 Å². The van der Waals surface area contributed by atoms with E-state index in [0.717, 1.165) is 11.3 Å². The van der Waals surface area contributed by atoms with Gasteiger partial charge in [0, 0.05) is 24.4 Å². The van der Waals surface area contributed by atoms with Crippen molar-refractivity contribution < 1.29 is 9.32 Å². The molecule has 7 nitrogen and oxygen atoms in total. The number of rotatable bonds is 3. The zero-order valence-corrected chi connectivity index (χ0v) is 13.7. The van der Waals surface area contributed by atoms with E-state index in [9.17, 15) is 4.79 Å². The maximum atomic E-state index is 12.6. The molecule has 1 aromatic carbocycles. The summed E-state index contributed by atoms with van der Waals surface area (Å²) in [7, 11) is 0. The maximum Gasteiger partial charge on any atom is 0.275 e. The SMILES string of the molecule is Cc1nc(-c2ccccc2NC(=O)c2cn3c(C)cccc3n2)no1. The van der Waals surface area contributed by atoms with Crippen molar-refractivity contribution in [2.45, 2.75) is 13.8 Å². The molecule has 0 spiro atoms. The third-order valence-corrected chi connectivity index (χ3v) is 3.87. The topological polar surface area (TPSA) is 85.3 Å². The van der Waals surface area contributed by atoms with E-state index in [4.69, 9.17) is 4.52 Å². The summed E-state index contributed by atoms with van der Waals surface area (Å²) >= 11 is 0. The largest absolute Gasteiger partial charge is 0.339 e. The monoisotopic (exact) mass is 333 g/mol. The van der Waals surface area contributed by atoms with E-state index < -0.39 is 0 Å². The molecular formula is C18H15N5O2. The van der Waals surface area contributed by atoms with E-state index >= 15 is 0 Å². The van der Waals surface area contributed by atoms with Gasteiger partial charge in [-0.15, -0.1) is 0 Å². The van der Waals surface area contributed by atoms with Crippen LogP contribution >= 0.6 is 0 Å². The summed E-state index contributed by atoms with van der Waals surface area (Å²) < 4.78 is 6.91. The Labute approximate surface area is 143 Å². The first-order valence-corrected chi connectivity index (χ1v) is 7.77. The molecule has 124 valence electrons. The minimum atomic E-state index is -0.296. The molecule has 3 aromatic heterocycles. The van der Waals surface area contributed by atoms with Crippen LogP contribution in [0.4, 0.5) is 5.69 Å². The van der Waals surface area contributed by atoms with Gasteiger partial charge >= 0.3 is 0 Å². The van der Waals surface area contributed by atoms with Crippen LogP contribution in [0.3, 0.4) is 0 Å². The molecule has 7 heteroatoms. The molecule has 0 aliphatic heterocycles. The molecule has 0 saturated heterocycles. The van der Waals surface area contributed by atoms with Gasteiger partial charge in [-0.05, 0) is 31.2 Å². The number of aryl methyl sites for hydroxylation is 2. The Hall–Kier alpha value is -3.48. The van der Waals surface area contributed by atoms with E-state index in [2.05, 4.69) is 20.4 Å². The molecule has 4 rings (SSSR count). The molecule has 1 amide bonds. The number of fused-ring (bicyclic) bond motifs is 1. The molecule has 3 heterocycles. The van der Waals surface area contributed by atoms with Gasteiger partial charge in [0.1, 0.15) is 11.3 Å². The van der Waals surface area contributed by atoms with Gasteiger partial charge in [-0.3, -0.25) is 4.79 Å². The number of nitrogens with zero attached hydrogens (tertiary/aromatic N) is 4. The second kappa shape index (κ2) is 5.86. The number of nitrogens with one attached hydrogen (secondary N) is 1. The summed E-state index contributed by atoms with van der Waals surface area (Å²) in [5.74, 6) is 0.599. The molecule has 25 heavy (non-hydrogen) atoms. The fourth-order valence-electron chi connectivity index (χ4n) is 2.64. The minimum absolute atomic E-state index is 0.296. The molecule has 0 atom stereocenters. The van der Waals surface area contributed by atoms with Crippen molar-refractivity contribution in [2.75, 3.05) is 5.32 Å². The molecule has 1 N–H and O–H groups in total. The van der Waals surface area contributed by atoms with Crippen LogP contribution in [0.25, 0.3) is 17.0 Å². The maximum absolute atomic E-state index is 12.6. The van der Waals surface area contributed by atoms with Crippen molar-refractivity contribution in [3.05, 3.63) is 65.9 Å². The number of para-hydroxylation sites is 1. The van der Waals surface area contributed by atoms with Crippen LogP contribution in [0.5, 0.6) is 0 Å². The first-order valence-electron chi connectivity index (χ1n) is 7.77. The highest BCUT2D eigenvalue weighted by Crippen LogP contribution is 2.25. The Bertz CT molecular complexity index is 1080. The number of pyridine rings is 1. The predicted molar refractivity (Wildman–Crippen MR) is 92.4 cm³/mol. The zero-order chi connectivity index (χ0) is 17.4. The third kappa shape index (κ3) is 2.76. The smallest absolute Gasteiger partial charge is 0.275 e. The molecule has 0 aliphatic carbocycles. The van der Waals surface area contributed by atoms with Gasteiger partial charge in [0.25, 0.3) is 5.91 Å². The quantitative estimate of drug-likeness (QED) is 0.622. The number of hydrogen-bond donors (Lipinski definition) is 1. The minimum Gasteiger partial charge on any atom is -0.339 e. The van der Waals surface area contributed by atoms with Crippen LogP contribution in [0, 0.1) is 13.8 Å². The second-order valence-corrected chi connectivity index (χ2v) is 5.66. The first-order chi connectivity index (χ1) is 12.1. The molecule has 0 bridgehead atoms. The van der Waals surface area contributed by atoms with Gasteiger partial charge in [0.15, 0.2) is 0 Å². The lowest BCUT2D eigenvalue weighted by atomic mass is 10.1. The third-order valence-electron chi connectivity index (χ3n) is 3.87. The number of benzene rings is 1. The van der Waals surface area contributed by atoms with E-state index in [1.165, 1.54) is 0 Å². The number of hydrogen-bond acceptors (Lipinski definition) is 5. The second-order valence-electron chi connectivity index (χ2n) is 5.66. The van der Waals surface area contributed by atoms with Crippen molar-refractivity contribution in [1.29, 1.82) is 0 Å². The number of carbonyl (C=O) groups excluding carboxylic acids is 1. The number of anilines is 1. The summed E-state index contributed by atoms with van der Waals surface area (Å²) in [6.07, 6.45) is 1.72. The molecular weight excluding hydrogens is 318 g/mol. The Morgan fingerprint density at radius 2 is 1.92 bits per heavy atom. The van der Waals surface area contributed by atoms with E-state index in [1.807, 2.05) is 47.7 Å². The standard InChI is InChI=1S/C18H15N5O2/c1-11-6-5-9-16-20-15(10-23(11)16)18(24)21-14-8-4-3-7-13(14)17-19-12(2)25-22-17/h3-10H,1-2H3,(H,21,24). The summed E-state index contributed by atoms with van der Waals surface area (Å²) in [6, 6.07) is 13.0. The summed E-state index contributed by atoms with van der Waals surface area (Å²) in [5.41, 5.74) is 3.36. The van der Waals surface area contributed by atoms with Crippen LogP contribution in [-0.4, -0.2) is 25.4 Å². The van der Waals surface area contributed by atoms with Gasteiger partial charge < -0.3 is 14.2 Å². The fourth-order valence-corrected chi connectivity index (χ4v) is 2.64. The fraction of sp³-hybridized carbons (Fsp3) is 0.111. The summed E-state index contributed by atoms with van der Waals surface area (Å²) in [5, 5.41) is 6.79. The van der Waals surface area contributed by atoms with Crippen LogP contribution in [-0.2, 0) is 0 Å². The Kier molecular flexibility index (Phi) is 3.53. The van der Waals surface area contributed by atoms with Crippen LogP contribution < -0.4 is 5.32 Å². The van der Waals surface area contributed by atoms with Gasteiger partial charge in [0.05, 0.1) is 5.69 Å². The number of carbonyl (C=O) groups is 1. The Morgan fingerprint density at radius 3 is 2.68 bits per heavy atom. The van der Waals surface area contributed by atoms with Crippen LogP contribution in [0.2, 0.25) is 0 Å². The number of imidazole rings is 1. The lowest BCUT2D eigenvalue weighted by Gasteiger charge is -2.07. The van der Waals surface area contributed by atoms with Crippen LogP contribution in [0.1, 0.15) is 22.1 Å². The highest BCUT2D eigenvalue weighted by atomic mass is 16.5. The molecule has 4 aromatic rings. The summed E-state index contributed by atoms with van der Waals surface area (Å²) in [6.45, 7) is 3.68. The van der Waals surface area contributed by atoms with Gasteiger partial charge in [-0.25, -0.2) is 4.98 Å². The van der Waals surface area contributed by atoms with Gasteiger partial charge in [-0.2, -0.15) is 4.98 Å². The highest BCUT2D eigenvalue weighted by Gasteiger charge is 2.16. The highest BCUT2D eigenvalue weighted by molar-refractivity contribution is 6.05. The van der Waals surface area contributed by atoms with Crippen molar-refractivity contribution in [2.24, 2.45) is 0 Å². The molecule has 0 fully saturated rings.